The van der Waals surface area contributed by atoms with Crippen molar-refractivity contribution in [2.75, 3.05) is 0 Å². The fourth-order valence-corrected chi connectivity index (χ4v) is 0.626. The molecule has 0 bridgehead atoms. The van der Waals surface area contributed by atoms with Crippen LogP contribution in [0.5, 0.6) is 0 Å². The maximum absolute atomic E-state index is 11.8. The predicted octanol–water partition coefficient (Wildman–Crippen LogP) is 2.12. The fraction of sp³-hybridized carbons (Fsp3) is 0.750. The molecule has 0 saturated carbocycles. The van der Waals surface area contributed by atoms with Crippen LogP contribution in [0.3, 0.4) is 0 Å². The number of halogens is 3. The highest BCUT2D eigenvalue weighted by Crippen LogP contribution is 2.28. The zero-order valence-corrected chi connectivity index (χ0v) is 7.66. The van der Waals surface area contributed by atoms with E-state index in [2.05, 4.69) is 0 Å². The molecule has 0 fully saturated rings. The lowest BCUT2D eigenvalue weighted by atomic mass is 9.83. The van der Waals surface area contributed by atoms with Gasteiger partial charge in [-0.05, 0) is 6.92 Å². The van der Waals surface area contributed by atoms with Crippen molar-refractivity contribution < 1.29 is 22.8 Å². The Balaban J connectivity index is 4.47. The van der Waals surface area contributed by atoms with Crippen molar-refractivity contribution in [2.24, 2.45) is 5.41 Å². The van der Waals surface area contributed by atoms with Crippen molar-refractivity contribution in [3.05, 3.63) is 0 Å². The number of ketones is 2. The number of hydrogen-bond acceptors (Lipinski definition) is 2. The van der Waals surface area contributed by atoms with E-state index in [-0.39, 0.29) is 0 Å². The molecule has 0 rings (SSSR count). The van der Waals surface area contributed by atoms with Crippen molar-refractivity contribution in [3.63, 3.8) is 0 Å². The first-order valence-electron chi connectivity index (χ1n) is 3.68. The third kappa shape index (κ3) is 3.57. The molecule has 5 heteroatoms. The minimum absolute atomic E-state index is 0.426. The van der Waals surface area contributed by atoms with Gasteiger partial charge in [-0.1, -0.05) is 13.8 Å². The molecule has 13 heavy (non-hydrogen) atoms. The first-order chi connectivity index (χ1) is 5.57. The third-order valence-corrected chi connectivity index (χ3v) is 1.87. The Morgan fingerprint density at radius 1 is 1.15 bits per heavy atom. The molecule has 0 spiro atoms. The molecule has 0 aliphatic heterocycles. The van der Waals surface area contributed by atoms with Gasteiger partial charge in [-0.25, -0.2) is 0 Å². The molecule has 0 aliphatic rings. The van der Waals surface area contributed by atoms with Crippen molar-refractivity contribution in [3.8, 4) is 0 Å². The van der Waals surface area contributed by atoms with Gasteiger partial charge in [-0.3, -0.25) is 9.59 Å². The van der Waals surface area contributed by atoms with Crippen LogP contribution in [-0.4, -0.2) is 17.7 Å². The van der Waals surface area contributed by atoms with Gasteiger partial charge < -0.3 is 0 Å². The molecule has 0 unspecified atom stereocenters. The maximum atomic E-state index is 11.8. The van der Waals surface area contributed by atoms with Crippen LogP contribution in [0.1, 0.15) is 27.2 Å². The highest BCUT2D eigenvalue weighted by molar-refractivity contribution is 5.91. The molecule has 2 nitrogen and oxygen atoms in total. The number of alkyl halides is 3. The van der Waals surface area contributed by atoms with Crippen LogP contribution in [0.25, 0.3) is 0 Å². The van der Waals surface area contributed by atoms with Gasteiger partial charge in [0.05, 0.1) is 0 Å². The van der Waals surface area contributed by atoms with E-state index in [1.165, 1.54) is 20.8 Å². The normalized spacial score (nSPS) is 12.8. The van der Waals surface area contributed by atoms with Gasteiger partial charge in [0.1, 0.15) is 5.78 Å². The van der Waals surface area contributed by atoms with Gasteiger partial charge >= 0.3 is 6.18 Å². The smallest absolute Gasteiger partial charge is 0.299 e. The molecule has 0 saturated heterocycles. The molecule has 0 atom stereocenters. The second-order valence-corrected chi connectivity index (χ2v) is 3.54. The minimum Gasteiger partial charge on any atom is -0.299 e. The molecule has 0 N–H and O–H groups in total. The molecule has 0 heterocycles. The van der Waals surface area contributed by atoms with Crippen LogP contribution >= 0.6 is 0 Å². The summed E-state index contributed by atoms with van der Waals surface area (Å²) < 4.78 is 35.3. The summed E-state index contributed by atoms with van der Waals surface area (Å²) in [7, 11) is 0. The van der Waals surface area contributed by atoms with Crippen molar-refractivity contribution in [1.29, 1.82) is 0 Å². The maximum Gasteiger partial charge on any atom is 0.450 e. The Morgan fingerprint density at radius 2 is 1.54 bits per heavy atom. The summed E-state index contributed by atoms with van der Waals surface area (Å²) in [5.41, 5.74) is -1.23. The van der Waals surface area contributed by atoms with Crippen LogP contribution in [-0.2, 0) is 9.59 Å². The number of carbonyl (C=O) groups is 2. The van der Waals surface area contributed by atoms with E-state index < -0.39 is 29.6 Å². The second-order valence-electron chi connectivity index (χ2n) is 3.54. The predicted molar refractivity (Wildman–Crippen MR) is 40.1 cm³/mol. The van der Waals surface area contributed by atoms with Crippen molar-refractivity contribution in [2.45, 2.75) is 33.4 Å². The summed E-state index contributed by atoms with van der Waals surface area (Å²) in [5.74, 6) is -2.28. The highest BCUT2D eigenvalue weighted by atomic mass is 19.4. The lowest BCUT2D eigenvalue weighted by Crippen LogP contribution is -2.32. The molecule has 0 aromatic heterocycles. The average molecular weight is 196 g/mol. The monoisotopic (exact) mass is 196 g/mol. The topological polar surface area (TPSA) is 34.1 Å². The summed E-state index contributed by atoms with van der Waals surface area (Å²) in [6.45, 7) is 3.81. The molecule has 0 aromatic rings. The summed E-state index contributed by atoms with van der Waals surface area (Å²) in [5, 5.41) is 0. The van der Waals surface area contributed by atoms with Crippen LogP contribution in [0.2, 0.25) is 0 Å². The summed E-state index contributed by atoms with van der Waals surface area (Å²) in [6.07, 6.45) is -5.63. The van der Waals surface area contributed by atoms with E-state index in [4.69, 9.17) is 0 Å². The third-order valence-electron chi connectivity index (χ3n) is 1.87. The lowest BCUT2D eigenvalue weighted by molar-refractivity contribution is -0.173. The Morgan fingerprint density at radius 3 is 1.77 bits per heavy atom. The van der Waals surface area contributed by atoms with E-state index in [1.807, 2.05) is 0 Å². The number of hydrogen-bond donors (Lipinski definition) is 0. The van der Waals surface area contributed by atoms with Gasteiger partial charge in [0.25, 0.3) is 0 Å². The van der Waals surface area contributed by atoms with Crippen molar-refractivity contribution in [1.82, 2.24) is 0 Å². The fourth-order valence-electron chi connectivity index (χ4n) is 0.626. The number of rotatable bonds is 3. The lowest BCUT2D eigenvalue weighted by Gasteiger charge is -2.20. The van der Waals surface area contributed by atoms with Gasteiger partial charge in [-0.15, -0.1) is 0 Å². The Hall–Kier alpha value is -0.870. The quantitative estimate of drug-likeness (QED) is 0.692. The van der Waals surface area contributed by atoms with E-state index in [0.717, 1.165) is 0 Å². The van der Waals surface area contributed by atoms with Crippen LogP contribution in [0.4, 0.5) is 13.2 Å². The molecule has 0 aliphatic carbocycles. The SMILES string of the molecule is CC(=O)C(C)(C)CC(=O)C(F)(F)F. The zero-order chi connectivity index (χ0) is 10.9. The standard InChI is InChI=1S/C8H11F3O2/c1-5(12)7(2,3)4-6(13)8(9,10)11/h4H2,1-3H3. The van der Waals surface area contributed by atoms with E-state index in [1.54, 1.807) is 0 Å². The van der Waals surface area contributed by atoms with Gasteiger partial charge in [0.2, 0.25) is 5.78 Å². The largest absolute Gasteiger partial charge is 0.450 e. The first-order valence-corrected chi connectivity index (χ1v) is 3.68. The molecule has 0 amide bonds. The van der Waals surface area contributed by atoms with E-state index >= 15 is 0 Å². The molecule has 0 aromatic carbocycles. The van der Waals surface area contributed by atoms with Crippen molar-refractivity contribution >= 4 is 11.6 Å². The van der Waals surface area contributed by atoms with Crippen LogP contribution in [0, 0.1) is 5.41 Å². The second kappa shape index (κ2) is 3.47. The summed E-state index contributed by atoms with van der Waals surface area (Å²) in [4.78, 5) is 21.3. The highest BCUT2D eigenvalue weighted by Gasteiger charge is 2.42. The average Bonchev–Trinajstić information content (AvgIpc) is 1.83. The summed E-state index contributed by atoms with van der Waals surface area (Å²) >= 11 is 0. The number of carbonyl (C=O) groups excluding carboxylic acids is 2. The van der Waals surface area contributed by atoms with Gasteiger partial charge in [-0.2, -0.15) is 13.2 Å². The van der Waals surface area contributed by atoms with E-state index in [9.17, 15) is 22.8 Å². The molecule has 0 radical (unpaired) electrons. The zero-order valence-electron chi connectivity index (χ0n) is 7.66. The van der Waals surface area contributed by atoms with Crippen LogP contribution in [0.15, 0.2) is 0 Å². The Kier molecular flexibility index (Phi) is 3.24. The Labute approximate surface area is 74.1 Å². The number of Topliss-reactive ketones (excluding diaryl/α,β-unsaturated/α-hetero) is 2. The molecular formula is C8H11F3O2. The minimum atomic E-state index is -4.84. The van der Waals surface area contributed by atoms with Gasteiger partial charge in [0.15, 0.2) is 0 Å². The Bertz CT molecular complexity index is 228. The summed E-state index contributed by atoms with van der Waals surface area (Å²) in [6, 6.07) is 0. The molecular weight excluding hydrogens is 185 g/mol. The van der Waals surface area contributed by atoms with Crippen LogP contribution < -0.4 is 0 Å². The van der Waals surface area contributed by atoms with Gasteiger partial charge in [0, 0.05) is 11.8 Å². The van der Waals surface area contributed by atoms with E-state index in [0.29, 0.717) is 0 Å². The first kappa shape index (κ1) is 12.1. The molecule has 76 valence electrons.